The van der Waals surface area contributed by atoms with Crippen molar-refractivity contribution in [2.75, 3.05) is 5.73 Å². The van der Waals surface area contributed by atoms with Gasteiger partial charge in [-0.15, -0.1) is 11.3 Å². The van der Waals surface area contributed by atoms with Gasteiger partial charge in [-0.2, -0.15) is 0 Å². The van der Waals surface area contributed by atoms with E-state index >= 15 is 0 Å². The van der Waals surface area contributed by atoms with Crippen LogP contribution in [-0.2, 0) is 0 Å². The summed E-state index contributed by atoms with van der Waals surface area (Å²) in [4.78, 5) is 16.8. The van der Waals surface area contributed by atoms with Crippen LogP contribution in [0.5, 0.6) is 0 Å². The summed E-state index contributed by atoms with van der Waals surface area (Å²) in [6.45, 7) is 1.87. The molecule has 0 saturated carbocycles. The highest BCUT2D eigenvalue weighted by atomic mass is 35.5. The van der Waals surface area contributed by atoms with Crippen molar-refractivity contribution in [3.63, 3.8) is 0 Å². The van der Waals surface area contributed by atoms with Gasteiger partial charge in [0.25, 0.3) is 0 Å². The second kappa shape index (κ2) is 4.43. The summed E-state index contributed by atoms with van der Waals surface area (Å²) in [5.41, 5.74) is 9.88. The van der Waals surface area contributed by atoms with Gasteiger partial charge in [0.15, 0.2) is 0 Å². The van der Waals surface area contributed by atoms with Gasteiger partial charge in [-0.3, -0.25) is 0 Å². The Hall–Kier alpha value is -1.73. The maximum Gasteiger partial charge on any atom is 0.223 e. The van der Waals surface area contributed by atoms with E-state index in [4.69, 9.17) is 17.3 Å². The summed E-state index contributed by atoms with van der Waals surface area (Å²) in [6.07, 6.45) is 1.67. The van der Waals surface area contributed by atoms with E-state index in [1.54, 1.807) is 17.5 Å². The lowest BCUT2D eigenvalue weighted by Gasteiger charge is -2.06. The monoisotopic (exact) mass is 289 g/mol. The number of nitrogens with two attached hydrogens (primary N) is 1. The first kappa shape index (κ1) is 12.3. The van der Waals surface area contributed by atoms with Gasteiger partial charge >= 0.3 is 0 Å². The van der Waals surface area contributed by atoms with Crippen molar-refractivity contribution >= 4 is 52.4 Å². The lowest BCUT2D eigenvalue weighted by molar-refractivity contribution is 1.11. The highest BCUT2D eigenvalue weighted by molar-refractivity contribution is 7.18. The van der Waals surface area contributed by atoms with Gasteiger partial charge in [-0.1, -0.05) is 5.46 Å². The minimum Gasteiger partial charge on any atom is -0.368 e. The van der Waals surface area contributed by atoms with Gasteiger partial charge < -0.3 is 5.73 Å². The molecule has 0 atom stereocenters. The number of rotatable bonds is 1. The molecule has 2 N–H and O–H groups in total. The Kier molecular flexibility index (Phi) is 2.87. The van der Waals surface area contributed by atoms with Crippen LogP contribution in [0.15, 0.2) is 11.6 Å². The predicted octanol–water partition coefficient (Wildman–Crippen LogP) is 0.951. The van der Waals surface area contributed by atoms with Crippen LogP contribution in [0.2, 0.25) is 5.28 Å². The van der Waals surface area contributed by atoms with Crippen LogP contribution in [0.1, 0.15) is 5.69 Å². The van der Waals surface area contributed by atoms with Crippen molar-refractivity contribution < 1.29 is 0 Å². The average Bonchev–Trinajstić information content (AvgIpc) is 2.71. The first-order valence-corrected chi connectivity index (χ1v) is 6.83. The predicted molar refractivity (Wildman–Crippen MR) is 80.8 cm³/mol. The van der Waals surface area contributed by atoms with Crippen molar-refractivity contribution in [3.05, 3.63) is 22.6 Å². The number of aromatic nitrogens is 4. The molecule has 5 nitrogen and oxygen atoms in total. The van der Waals surface area contributed by atoms with Crippen LogP contribution in [0.25, 0.3) is 21.5 Å². The molecule has 0 aliphatic rings. The standard InChI is InChI=1S/C11H9BClN5S/c1-4-5(2-15-11(14)16-4)7-9-8(6(12)3-19-9)18-10(13)17-7/h2-3H,12H2,1H3,(H2,14,15,16). The minimum absolute atomic E-state index is 0.222. The fourth-order valence-corrected chi connectivity index (χ4v) is 3.07. The summed E-state index contributed by atoms with van der Waals surface area (Å²) in [7, 11) is 2.00. The molecule has 0 saturated heterocycles. The van der Waals surface area contributed by atoms with Crippen molar-refractivity contribution in [3.8, 4) is 11.3 Å². The highest BCUT2D eigenvalue weighted by Gasteiger charge is 2.15. The third kappa shape index (κ3) is 2.04. The van der Waals surface area contributed by atoms with E-state index < -0.39 is 0 Å². The number of hydrogen-bond donors (Lipinski definition) is 1. The van der Waals surface area contributed by atoms with E-state index in [2.05, 4.69) is 19.9 Å². The van der Waals surface area contributed by atoms with Crippen LogP contribution in [0.3, 0.4) is 0 Å². The molecule has 0 unspecified atom stereocenters. The van der Waals surface area contributed by atoms with Crippen molar-refractivity contribution in [1.82, 2.24) is 19.9 Å². The normalized spacial score (nSPS) is 11.1. The molecule has 3 aromatic heterocycles. The molecule has 0 aromatic carbocycles. The van der Waals surface area contributed by atoms with Gasteiger partial charge in [0.05, 0.1) is 21.6 Å². The average molecular weight is 290 g/mol. The number of anilines is 1. The third-order valence-corrected chi connectivity index (χ3v) is 4.08. The van der Waals surface area contributed by atoms with E-state index in [9.17, 15) is 0 Å². The van der Waals surface area contributed by atoms with Crippen LogP contribution in [-0.4, -0.2) is 27.8 Å². The molecular formula is C11H9BClN5S. The maximum absolute atomic E-state index is 6.00. The molecule has 0 amide bonds. The summed E-state index contributed by atoms with van der Waals surface area (Å²) in [5.74, 6) is 0.250. The zero-order valence-corrected chi connectivity index (χ0v) is 11.9. The Bertz CT molecular complexity index is 788. The van der Waals surface area contributed by atoms with Crippen molar-refractivity contribution in [1.29, 1.82) is 0 Å². The third-order valence-electron chi connectivity index (χ3n) is 2.82. The molecule has 3 heterocycles. The molecule has 0 spiro atoms. The summed E-state index contributed by atoms with van der Waals surface area (Å²) >= 11 is 7.59. The second-order valence-electron chi connectivity index (χ2n) is 4.16. The molecule has 0 bridgehead atoms. The Labute approximate surface area is 119 Å². The van der Waals surface area contributed by atoms with Gasteiger partial charge in [-0.05, 0) is 23.9 Å². The van der Waals surface area contributed by atoms with Crippen molar-refractivity contribution in [2.24, 2.45) is 0 Å². The molecule has 3 rings (SSSR count). The van der Waals surface area contributed by atoms with E-state index in [-0.39, 0.29) is 11.2 Å². The molecule has 3 aromatic rings. The number of hydrogen-bond acceptors (Lipinski definition) is 6. The van der Waals surface area contributed by atoms with E-state index in [0.717, 1.165) is 32.6 Å². The molecule has 8 heteroatoms. The molecule has 19 heavy (non-hydrogen) atoms. The lowest BCUT2D eigenvalue weighted by Crippen LogP contribution is -2.03. The Morgan fingerprint density at radius 2 is 2.11 bits per heavy atom. The molecule has 0 aliphatic carbocycles. The summed E-state index contributed by atoms with van der Waals surface area (Å²) in [5, 5.41) is 2.26. The maximum atomic E-state index is 6.00. The fourth-order valence-electron chi connectivity index (χ4n) is 1.91. The van der Waals surface area contributed by atoms with Gasteiger partial charge in [0.2, 0.25) is 11.2 Å². The summed E-state index contributed by atoms with van der Waals surface area (Å²) < 4.78 is 0.985. The van der Waals surface area contributed by atoms with Crippen LogP contribution in [0, 0.1) is 6.92 Å². The number of aryl methyl sites for hydroxylation is 1. The Morgan fingerprint density at radius 1 is 1.32 bits per heavy atom. The number of thiophene rings is 1. The summed E-state index contributed by atoms with van der Waals surface area (Å²) in [6, 6.07) is 0. The number of halogens is 1. The molecule has 0 fully saturated rings. The number of nitrogens with zero attached hydrogens (tertiary/aromatic N) is 4. The SMILES string of the molecule is Bc1csc2c(-c3cnc(N)nc3C)nc(Cl)nc12. The van der Waals surface area contributed by atoms with Crippen LogP contribution >= 0.6 is 22.9 Å². The highest BCUT2D eigenvalue weighted by Crippen LogP contribution is 2.31. The van der Waals surface area contributed by atoms with E-state index in [0.29, 0.717) is 0 Å². The van der Waals surface area contributed by atoms with Crippen molar-refractivity contribution in [2.45, 2.75) is 6.92 Å². The largest absolute Gasteiger partial charge is 0.368 e. The Morgan fingerprint density at radius 3 is 2.84 bits per heavy atom. The minimum atomic E-state index is 0.222. The quantitative estimate of drug-likeness (QED) is 0.533. The first-order valence-electron chi connectivity index (χ1n) is 5.57. The zero-order chi connectivity index (χ0) is 13.6. The topological polar surface area (TPSA) is 77.6 Å². The van der Waals surface area contributed by atoms with Crippen LogP contribution in [0.4, 0.5) is 5.95 Å². The van der Waals surface area contributed by atoms with Gasteiger partial charge in [0, 0.05) is 11.8 Å². The number of nitrogen functional groups attached to an aromatic ring is 1. The first-order chi connectivity index (χ1) is 9.06. The van der Waals surface area contributed by atoms with Crippen LogP contribution < -0.4 is 11.2 Å². The van der Waals surface area contributed by atoms with Gasteiger partial charge in [-0.25, -0.2) is 19.9 Å². The molecule has 94 valence electrons. The lowest BCUT2D eigenvalue weighted by atomic mass is 9.98. The second-order valence-corrected chi connectivity index (χ2v) is 5.38. The number of fused-ring (bicyclic) bond motifs is 1. The molecule has 0 radical (unpaired) electrons. The zero-order valence-electron chi connectivity index (χ0n) is 10.3. The fraction of sp³-hybridized carbons (Fsp3) is 0.0909. The molecule has 0 aliphatic heterocycles. The van der Waals surface area contributed by atoms with E-state index in [1.165, 1.54) is 0 Å². The Balaban J connectivity index is 2.35. The smallest absolute Gasteiger partial charge is 0.223 e. The molecular weight excluding hydrogens is 280 g/mol. The van der Waals surface area contributed by atoms with Gasteiger partial charge in [0.1, 0.15) is 7.85 Å². The van der Waals surface area contributed by atoms with E-state index in [1.807, 2.05) is 20.2 Å².